The number of imidazole rings is 1. The largest absolute Gasteiger partial charge is 0.377 e. The Hall–Kier alpha value is -2.39. The van der Waals surface area contributed by atoms with Crippen LogP contribution in [0.2, 0.25) is 0 Å². The molecule has 21 heavy (non-hydrogen) atoms. The van der Waals surface area contributed by atoms with Gasteiger partial charge in [-0.25, -0.2) is 4.98 Å². The molecule has 106 valence electrons. The lowest BCUT2D eigenvalue weighted by atomic mass is 9.93. The minimum Gasteiger partial charge on any atom is -0.377 e. The van der Waals surface area contributed by atoms with E-state index in [0.717, 1.165) is 11.1 Å². The predicted octanol–water partition coefficient (Wildman–Crippen LogP) is 3.34. The summed E-state index contributed by atoms with van der Waals surface area (Å²) in [6.07, 6.45) is 3.53. The van der Waals surface area contributed by atoms with Crippen LogP contribution in [0.25, 0.3) is 11.1 Å². The second-order valence-corrected chi connectivity index (χ2v) is 5.38. The number of aliphatic hydroxyl groups is 1. The summed E-state index contributed by atoms with van der Waals surface area (Å²) in [7, 11) is 1.88. The van der Waals surface area contributed by atoms with Crippen molar-refractivity contribution < 1.29 is 5.11 Å². The highest BCUT2D eigenvalue weighted by molar-refractivity contribution is 5.63. The van der Waals surface area contributed by atoms with E-state index >= 15 is 0 Å². The molecule has 3 aromatic rings. The van der Waals surface area contributed by atoms with E-state index in [1.54, 1.807) is 13.1 Å². The molecule has 0 radical (unpaired) electrons. The summed E-state index contributed by atoms with van der Waals surface area (Å²) in [4.78, 5) is 4.26. The summed E-state index contributed by atoms with van der Waals surface area (Å²) >= 11 is 0. The van der Waals surface area contributed by atoms with Crippen molar-refractivity contribution in [2.75, 3.05) is 0 Å². The Bertz CT molecular complexity index is 727. The lowest BCUT2D eigenvalue weighted by Crippen LogP contribution is -2.26. The summed E-state index contributed by atoms with van der Waals surface area (Å²) in [6.45, 7) is 1.77. The van der Waals surface area contributed by atoms with Crippen molar-refractivity contribution in [3.05, 3.63) is 78.4 Å². The number of nitrogens with zero attached hydrogens (tertiary/aromatic N) is 2. The molecule has 0 saturated heterocycles. The Morgan fingerprint density at radius 3 is 2.14 bits per heavy atom. The first kappa shape index (κ1) is 13.6. The van der Waals surface area contributed by atoms with Gasteiger partial charge in [-0.2, -0.15) is 0 Å². The van der Waals surface area contributed by atoms with Crippen molar-refractivity contribution in [3.63, 3.8) is 0 Å². The van der Waals surface area contributed by atoms with Gasteiger partial charge in [-0.15, -0.1) is 0 Å². The predicted molar refractivity (Wildman–Crippen MR) is 83.8 cm³/mol. The number of hydrogen-bond acceptors (Lipinski definition) is 2. The van der Waals surface area contributed by atoms with Gasteiger partial charge >= 0.3 is 0 Å². The third-order valence-corrected chi connectivity index (χ3v) is 3.81. The Kier molecular flexibility index (Phi) is 3.35. The molecule has 2 aromatic carbocycles. The Labute approximate surface area is 124 Å². The van der Waals surface area contributed by atoms with Crippen LogP contribution in [0.3, 0.4) is 0 Å². The fourth-order valence-corrected chi connectivity index (χ4v) is 2.58. The van der Waals surface area contributed by atoms with Crippen molar-refractivity contribution in [2.24, 2.45) is 7.05 Å². The topological polar surface area (TPSA) is 38.0 Å². The van der Waals surface area contributed by atoms with E-state index in [1.807, 2.05) is 60.3 Å². The van der Waals surface area contributed by atoms with Crippen LogP contribution in [-0.2, 0) is 12.6 Å². The highest BCUT2D eigenvalue weighted by Gasteiger charge is 2.29. The van der Waals surface area contributed by atoms with E-state index in [-0.39, 0.29) is 0 Å². The van der Waals surface area contributed by atoms with Gasteiger partial charge in [-0.1, -0.05) is 54.6 Å². The minimum absolute atomic E-state index is 0.634. The number of aryl methyl sites for hydroxylation is 1. The molecule has 1 N–H and O–H groups in total. The summed E-state index contributed by atoms with van der Waals surface area (Å²) < 4.78 is 1.84. The fourth-order valence-electron chi connectivity index (χ4n) is 2.58. The molecule has 0 aliphatic heterocycles. The average Bonchev–Trinajstić information content (AvgIpc) is 2.95. The normalized spacial score (nSPS) is 13.9. The minimum atomic E-state index is -1.10. The van der Waals surface area contributed by atoms with Crippen molar-refractivity contribution in [1.82, 2.24) is 9.55 Å². The Balaban J connectivity index is 1.96. The zero-order valence-electron chi connectivity index (χ0n) is 12.2. The maximum absolute atomic E-state index is 10.8. The molecule has 0 aliphatic carbocycles. The van der Waals surface area contributed by atoms with Crippen LogP contribution < -0.4 is 0 Å². The van der Waals surface area contributed by atoms with E-state index in [4.69, 9.17) is 0 Å². The highest BCUT2D eigenvalue weighted by Crippen LogP contribution is 2.29. The van der Waals surface area contributed by atoms with Crippen LogP contribution in [0, 0.1) is 0 Å². The number of aromatic nitrogens is 2. The molecule has 3 rings (SSSR count). The van der Waals surface area contributed by atoms with Crippen LogP contribution in [0.15, 0.2) is 67.0 Å². The summed E-state index contributed by atoms with van der Waals surface area (Å²) in [5.41, 5.74) is 2.03. The molecule has 1 heterocycles. The fraction of sp³-hybridized carbons (Fsp3) is 0.167. The van der Waals surface area contributed by atoms with Crippen molar-refractivity contribution in [3.8, 4) is 11.1 Å². The van der Waals surface area contributed by atoms with Gasteiger partial charge in [-0.05, 0) is 23.6 Å². The molecule has 1 aromatic heterocycles. The third kappa shape index (κ3) is 2.48. The van der Waals surface area contributed by atoms with Gasteiger partial charge in [0.2, 0.25) is 0 Å². The third-order valence-electron chi connectivity index (χ3n) is 3.81. The molecule has 0 bridgehead atoms. The molecule has 0 amide bonds. The summed E-state index contributed by atoms with van der Waals surface area (Å²) in [5.74, 6) is 0.634. The highest BCUT2D eigenvalue weighted by atomic mass is 16.3. The van der Waals surface area contributed by atoms with E-state index < -0.39 is 5.60 Å². The molecule has 0 aliphatic rings. The van der Waals surface area contributed by atoms with Gasteiger partial charge in [0.25, 0.3) is 0 Å². The zero-order valence-corrected chi connectivity index (χ0v) is 12.2. The van der Waals surface area contributed by atoms with Crippen molar-refractivity contribution in [2.45, 2.75) is 12.5 Å². The number of rotatable bonds is 3. The second kappa shape index (κ2) is 5.19. The number of benzene rings is 2. The second-order valence-electron chi connectivity index (χ2n) is 5.38. The van der Waals surface area contributed by atoms with Crippen LogP contribution in [-0.4, -0.2) is 14.7 Å². The molecule has 0 spiro atoms. The first-order chi connectivity index (χ1) is 10.1. The lowest BCUT2D eigenvalue weighted by molar-refractivity contribution is 0.0892. The SMILES string of the molecule is Cn1ccnc1C(C)(O)c1ccc(-c2ccccc2)cc1. The van der Waals surface area contributed by atoms with E-state index in [1.165, 1.54) is 5.56 Å². The van der Waals surface area contributed by atoms with E-state index in [9.17, 15) is 5.11 Å². The molecule has 3 heteroatoms. The maximum atomic E-state index is 10.8. The van der Waals surface area contributed by atoms with Crippen LogP contribution in [0.1, 0.15) is 18.3 Å². The van der Waals surface area contributed by atoms with Gasteiger partial charge in [0.15, 0.2) is 0 Å². The molecule has 0 fully saturated rings. The maximum Gasteiger partial charge on any atom is 0.144 e. The molecular weight excluding hydrogens is 260 g/mol. The lowest BCUT2D eigenvalue weighted by Gasteiger charge is -2.23. The smallest absolute Gasteiger partial charge is 0.144 e. The molecule has 1 unspecified atom stereocenters. The van der Waals surface area contributed by atoms with Crippen LogP contribution in [0.5, 0.6) is 0 Å². The quantitative estimate of drug-likeness (QED) is 0.798. The number of hydrogen-bond donors (Lipinski definition) is 1. The van der Waals surface area contributed by atoms with Crippen molar-refractivity contribution in [1.29, 1.82) is 0 Å². The van der Waals surface area contributed by atoms with Gasteiger partial charge in [0.05, 0.1) is 0 Å². The first-order valence-electron chi connectivity index (χ1n) is 6.95. The Morgan fingerprint density at radius 2 is 1.57 bits per heavy atom. The van der Waals surface area contributed by atoms with E-state index in [0.29, 0.717) is 5.82 Å². The summed E-state index contributed by atoms with van der Waals surface area (Å²) in [6, 6.07) is 18.2. The van der Waals surface area contributed by atoms with E-state index in [2.05, 4.69) is 17.1 Å². The molecular formula is C18H18N2O. The van der Waals surface area contributed by atoms with Crippen molar-refractivity contribution >= 4 is 0 Å². The molecule has 3 nitrogen and oxygen atoms in total. The van der Waals surface area contributed by atoms with Gasteiger partial charge < -0.3 is 9.67 Å². The zero-order chi connectivity index (χ0) is 14.9. The first-order valence-corrected chi connectivity index (χ1v) is 6.95. The van der Waals surface area contributed by atoms with Gasteiger partial charge in [-0.3, -0.25) is 0 Å². The van der Waals surface area contributed by atoms with Crippen LogP contribution in [0.4, 0.5) is 0 Å². The summed E-state index contributed by atoms with van der Waals surface area (Å²) in [5, 5.41) is 10.8. The molecule has 1 atom stereocenters. The molecule has 0 saturated carbocycles. The van der Waals surface area contributed by atoms with Crippen LogP contribution >= 0.6 is 0 Å². The standard InChI is InChI=1S/C18H18N2O/c1-18(21,17-19-12-13-20(17)2)16-10-8-15(9-11-16)14-6-4-3-5-7-14/h3-13,21H,1-2H3. The van der Waals surface area contributed by atoms with Gasteiger partial charge in [0, 0.05) is 19.4 Å². The Morgan fingerprint density at radius 1 is 0.952 bits per heavy atom. The average molecular weight is 278 g/mol. The monoisotopic (exact) mass is 278 g/mol. The van der Waals surface area contributed by atoms with Gasteiger partial charge in [0.1, 0.15) is 11.4 Å².